The molecule has 0 saturated heterocycles. The van der Waals surface area contributed by atoms with E-state index in [1.54, 1.807) is 0 Å². The summed E-state index contributed by atoms with van der Waals surface area (Å²) >= 11 is 10.4. The smallest absolute Gasteiger partial charge is 0.171 e. The highest BCUT2D eigenvalue weighted by Gasteiger charge is 2.14. The zero-order valence-corrected chi connectivity index (χ0v) is 11.7. The molecule has 2 rings (SSSR count). The lowest BCUT2D eigenvalue weighted by molar-refractivity contribution is 0.0990. The van der Waals surface area contributed by atoms with E-state index in [-0.39, 0.29) is 22.8 Å². The Morgan fingerprint density at radius 3 is 2.76 bits per heavy atom. The van der Waals surface area contributed by atoms with Crippen molar-refractivity contribution < 1.29 is 9.18 Å². The second kappa shape index (κ2) is 5.29. The van der Waals surface area contributed by atoms with Crippen LogP contribution in [0, 0.1) is 5.82 Å². The first-order valence-electron chi connectivity index (χ1n) is 4.78. The molecule has 0 spiro atoms. The molecule has 0 N–H and O–H groups in total. The van der Waals surface area contributed by atoms with Gasteiger partial charge in [-0.25, -0.2) is 4.39 Å². The van der Waals surface area contributed by atoms with Gasteiger partial charge in [-0.15, -0.1) is 11.3 Å². The summed E-state index contributed by atoms with van der Waals surface area (Å²) in [5.41, 5.74) is 0.0784. The minimum atomic E-state index is -0.574. The molecule has 0 amide bonds. The molecule has 1 heterocycles. The third-order valence-corrected chi connectivity index (χ3v) is 4.41. The van der Waals surface area contributed by atoms with Crippen LogP contribution in [0.5, 0.6) is 0 Å². The van der Waals surface area contributed by atoms with Crippen molar-refractivity contribution in [1.29, 1.82) is 0 Å². The molecule has 88 valence electrons. The number of thiophene rings is 1. The fourth-order valence-electron chi connectivity index (χ4n) is 1.41. The summed E-state index contributed by atoms with van der Waals surface area (Å²) in [5, 5.41) is 2.17. The average molecular weight is 334 g/mol. The first-order chi connectivity index (χ1) is 8.08. The largest absolute Gasteiger partial charge is 0.294 e. The summed E-state index contributed by atoms with van der Waals surface area (Å²) in [6, 6.07) is 5.95. The van der Waals surface area contributed by atoms with E-state index in [0.717, 1.165) is 15.4 Å². The van der Waals surface area contributed by atoms with E-state index in [0.29, 0.717) is 0 Å². The van der Waals surface area contributed by atoms with Gasteiger partial charge in [0, 0.05) is 20.8 Å². The number of hydrogen-bond donors (Lipinski definition) is 0. The SMILES string of the molecule is O=C(Cc1sccc1Br)c1ccc(Cl)cc1F. The van der Waals surface area contributed by atoms with Gasteiger partial charge in [-0.3, -0.25) is 4.79 Å². The molecule has 17 heavy (non-hydrogen) atoms. The average Bonchev–Trinajstić information content (AvgIpc) is 2.64. The first-order valence-corrected chi connectivity index (χ1v) is 6.83. The van der Waals surface area contributed by atoms with Crippen LogP contribution in [0.2, 0.25) is 5.02 Å². The van der Waals surface area contributed by atoms with Gasteiger partial charge in [-0.1, -0.05) is 11.6 Å². The predicted octanol–water partition coefficient (Wildman–Crippen LogP) is 4.73. The van der Waals surface area contributed by atoms with Crippen molar-refractivity contribution in [2.24, 2.45) is 0 Å². The van der Waals surface area contributed by atoms with E-state index >= 15 is 0 Å². The Bertz CT molecular complexity index is 567. The molecule has 0 saturated carbocycles. The minimum absolute atomic E-state index is 0.0784. The number of halogens is 3. The molecule has 0 aliphatic heterocycles. The van der Waals surface area contributed by atoms with Crippen LogP contribution >= 0.6 is 38.9 Å². The maximum absolute atomic E-state index is 13.5. The Kier molecular flexibility index (Phi) is 3.97. The summed E-state index contributed by atoms with van der Waals surface area (Å²) in [6.07, 6.45) is 0.191. The molecule has 5 heteroatoms. The van der Waals surface area contributed by atoms with E-state index in [1.807, 2.05) is 11.4 Å². The molecule has 0 aliphatic carbocycles. The van der Waals surface area contributed by atoms with E-state index in [9.17, 15) is 9.18 Å². The van der Waals surface area contributed by atoms with Crippen LogP contribution in [0.4, 0.5) is 4.39 Å². The maximum Gasteiger partial charge on any atom is 0.171 e. The Hall–Kier alpha value is -0.710. The highest BCUT2D eigenvalue weighted by molar-refractivity contribution is 9.10. The third-order valence-electron chi connectivity index (χ3n) is 2.24. The Morgan fingerprint density at radius 1 is 1.41 bits per heavy atom. The Balaban J connectivity index is 2.23. The number of ketones is 1. The van der Waals surface area contributed by atoms with Gasteiger partial charge in [0.1, 0.15) is 5.82 Å². The summed E-state index contributed by atoms with van der Waals surface area (Å²) in [7, 11) is 0. The summed E-state index contributed by atoms with van der Waals surface area (Å²) in [4.78, 5) is 12.8. The van der Waals surface area contributed by atoms with Crippen LogP contribution < -0.4 is 0 Å². The lowest BCUT2D eigenvalue weighted by Crippen LogP contribution is -2.05. The van der Waals surface area contributed by atoms with Gasteiger partial charge >= 0.3 is 0 Å². The van der Waals surface area contributed by atoms with E-state index in [1.165, 1.54) is 23.5 Å². The van der Waals surface area contributed by atoms with Crippen LogP contribution in [0.3, 0.4) is 0 Å². The lowest BCUT2D eigenvalue weighted by Gasteiger charge is -2.02. The summed E-state index contributed by atoms with van der Waals surface area (Å²) in [6.45, 7) is 0. The molecule has 1 aromatic carbocycles. The van der Waals surface area contributed by atoms with Gasteiger partial charge in [-0.2, -0.15) is 0 Å². The molecule has 0 fully saturated rings. The lowest BCUT2D eigenvalue weighted by atomic mass is 10.1. The predicted molar refractivity (Wildman–Crippen MR) is 71.5 cm³/mol. The van der Waals surface area contributed by atoms with Crippen molar-refractivity contribution in [2.75, 3.05) is 0 Å². The Labute approximate surface area is 115 Å². The highest BCUT2D eigenvalue weighted by atomic mass is 79.9. The molecule has 2 aromatic rings. The van der Waals surface area contributed by atoms with Gasteiger partial charge in [0.05, 0.1) is 5.56 Å². The molecule has 0 unspecified atom stereocenters. The van der Waals surface area contributed by atoms with Crippen molar-refractivity contribution in [2.45, 2.75) is 6.42 Å². The highest BCUT2D eigenvalue weighted by Crippen LogP contribution is 2.25. The number of hydrogen-bond acceptors (Lipinski definition) is 2. The van der Waals surface area contributed by atoms with Crippen molar-refractivity contribution in [3.05, 3.63) is 55.4 Å². The van der Waals surface area contributed by atoms with Gasteiger partial charge < -0.3 is 0 Å². The Morgan fingerprint density at radius 2 is 2.18 bits per heavy atom. The molecule has 0 atom stereocenters. The molecule has 0 aliphatic rings. The normalized spacial score (nSPS) is 10.5. The van der Waals surface area contributed by atoms with Crippen LogP contribution in [0.1, 0.15) is 15.2 Å². The summed E-state index contributed by atoms with van der Waals surface area (Å²) in [5.74, 6) is -0.822. The van der Waals surface area contributed by atoms with Gasteiger partial charge in [-0.05, 0) is 45.6 Å². The molecular weight excluding hydrogens is 327 g/mol. The van der Waals surface area contributed by atoms with Crippen molar-refractivity contribution in [1.82, 2.24) is 0 Å². The topological polar surface area (TPSA) is 17.1 Å². The molecule has 1 nitrogen and oxygen atoms in total. The number of rotatable bonds is 3. The zero-order valence-electron chi connectivity index (χ0n) is 8.54. The van der Waals surface area contributed by atoms with Crippen molar-refractivity contribution >= 4 is 44.7 Å². The second-order valence-corrected chi connectivity index (χ2v) is 5.71. The zero-order chi connectivity index (χ0) is 12.4. The number of carbonyl (C=O) groups excluding carboxylic acids is 1. The monoisotopic (exact) mass is 332 g/mol. The first kappa shape index (κ1) is 12.7. The van der Waals surface area contributed by atoms with Crippen LogP contribution in [0.25, 0.3) is 0 Å². The standard InChI is InChI=1S/C12H7BrClFOS/c13-9-3-4-17-12(9)6-11(16)8-2-1-7(14)5-10(8)15/h1-5H,6H2. The van der Waals surface area contributed by atoms with Gasteiger partial charge in [0.15, 0.2) is 5.78 Å². The van der Waals surface area contributed by atoms with E-state index in [4.69, 9.17) is 11.6 Å². The van der Waals surface area contributed by atoms with Gasteiger partial charge in [0.25, 0.3) is 0 Å². The summed E-state index contributed by atoms with van der Waals surface area (Å²) < 4.78 is 14.4. The van der Waals surface area contributed by atoms with Crippen molar-refractivity contribution in [3.8, 4) is 0 Å². The molecule has 0 bridgehead atoms. The van der Waals surface area contributed by atoms with Crippen molar-refractivity contribution in [3.63, 3.8) is 0 Å². The number of carbonyl (C=O) groups is 1. The minimum Gasteiger partial charge on any atom is -0.294 e. The van der Waals surface area contributed by atoms with E-state index < -0.39 is 5.82 Å². The van der Waals surface area contributed by atoms with Gasteiger partial charge in [0.2, 0.25) is 0 Å². The molecule has 0 radical (unpaired) electrons. The van der Waals surface area contributed by atoms with E-state index in [2.05, 4.69) is 15.9 Å². The number of Topliss-reactive ketones (excluding diaryl/α,β-unsaturated/α-hetero) is 1. The molecule has 1 aromatic heterocycles. The fourth-order valence-corrected chi connectivity index (χ4v) is 3.06. The third kappa shape index (κ3) is 2.94. The quantitative estimate of drug-likeness (QED) is 0.742. The second-order valence-electron chi connectivity index (χ2n) is 3.42. The number of benzene rings is 1. The maximum atomic E-state index is 13.5. The molecular formula is C12H7BrClFOS. The van der Waals surface area contributed by atoms with Crippen LogP contribution in [0.15, 0.2) is 34.1 Å². The van der Waals surface area contributed by atoms with Crippen LogP contribution in [-0.2, 0) is 6.42 Å². The fraction of sp³-hybridized carbons (Fsp3) is 0.0833. The van der Waals surface area contributed by atoms with Crippen LogP contribution in [-0.4, -0.2) is 5.78 Å².